The Bertz CT molecular complexity index is 348. The SMILES string of the molecule is COc1ccc(N2CCC(Cl)=N2)cc1. The Kier molecular flexibility index (Phi) is 2.59. The van der Waals surface area contributed by atoms with E-state index in [1.165, 1.54) is 0 Å². The molecule has 0 aromatic heterocycles. The van der Waals surface area contributed by atoms with Crippen LogP contribution in [0.5, 0.6) is 5.75 Å². The van der Waals surface area contributed by atoms with E-state index in [4.69, 9.17) is 16.3 Å². The molecule has 1 aromatic rings. The van der Waals surface area contributed by atoms with Crippen LogP contribution in [0, 0.1) is 0 Å². The van der Waals surface area contributed by atoms with Gasteiger partial charge in [-0.2, -0.15) is 5.10 Å². The molecule has 1 aliphatic heterocycles. The van der Waals surface area contributed by atoms with Gasteiger partial charge >= 0.3 is 0 Å². The molecule has 0 unspecified atom stereocenters. The monoisotopic (exact) mass is 210 g/mol. The maximum atomic E-state index is 5.80. The van der Waals surface area contributed by atoms with Crippen LogP contribution in [0.25, 0.3) is 0 Å². The van der Waals surface area contributed by atoms with Crippen molar-refractivity contribution in [2.75, 3.05) is 18.7 Å². The van der Waals surface area contributed by atoms with Gasteiger partial charge in [-0.05, 0) is 24.3 Å². The lowest BCUT2D eigenvalue weighted by molar-refractivity contribution is 0.415. The Balaban J connectivity index is 2.17. The molecule has 0 aliphatic carbocycles. The van der Waals surface area contributed by atoms with Gasteiger partial charge in [0.25, 0.3) is 0 Å². The fourth-order valence-electron chi connectivity index (χ4n) is 1.37. The van der Waals surface area contributed by atoms with Crippen LogP contribution in [0.2, 0.25) is 0 Å². The maximum absolute atomic E-state index is 5.80. The van der Waals surface area contributed by atoms with Gasteiger partial charge in [0.05, 0.1) is 12.8 Å². The molecule has 0 N–H and O–H groups in total. The average Bonchev–Trinajstić information content (AvgIpc) is 2.65. The van der Waals surface area contributed by atoms with E-state index in [1.807, 2.05) is 29.3 Å². The van der Waals surface area contributed by atoms with Crippen LogP contribution in [0.3, 0.4) is 0 Å². The number of hydrogen-bond donors (Lipinski definition) is 0. The van der Waals surface area contributed by atoms with Crippen LogP contribution in [-0.2, 0) is 0 Å². The molecule has 0 saturated heterocycles. The second kappa shape index (κ2) is 3.88. The first-order chi connectivity index (χ1) is 6.79. The van der Waals surface area contributed by atoms with Gasteiger partial charge in [0.2, 0.25) is 0 Å². The Labute approximate surface area is 87.9 Å². The minimum atomic E-state index is 0.667. The Morgan fingerprint density at radius 2 is 2.07 bits per heavy atom. The molecule has 1 aromatic carbocycles. The molecule has 74 valence electrons. The molecule has 0 saturated carbocycles. The predicted octanol–water partition coefficient (Wildman–Crippen LogP) is 2.46. The summed E-state index contributed by atoms with van der Waals surface area (Å²) in [6.45, 7) is 0.852. The van der Waals surface area contributed by atoms with Gasteiger partial charge in [-0.1, -0.05) is 11.6 Å². The van der Waals surface area contributed by atoms with E-state index >= 15 is 0 Å². The lowest BCUT2D eigenvalue weighted by Crippen LogP contribution is -2.11. The summed E-state index contributed by atoms with van der Waals surface area (Å²) in [6.07, 6.45) is 0.827. The van der Waals surface area contributed by atoms with Crippen LogP contribution in [0.15, 0.2) is 29.4 Å². The topological polar surface area (TPSA) is 24.8 Å². The van der Waals surface area contributed by atoms with Crippen LogP contribution in [0.1, 0.15) is 6.42 Å². The molecule has 14 heavy (non-hydrogen) atoms. The molecule has 0 bridgehead atoms. The van der Waals surface area contributed by atoms with Crippen LogP contribution >= 0.6 is 11.6 Å². The van der Waals surface area contributed by atoms with Crippen molar-refractivity contribution in [3.63, 3.8) is 0 Å². The zero-order chi connectivity index (χ0) is 9.97. The van der Waals surface area contributed by atoms with Crippen molar-refractivity contribution in [3.05, 3.63) is 24.3 Å². The molecule has 0 fully saturated rings. The van der Waals surface area contributed by atoms with Crippen LogP contribution in [0.4, 0.5) is 5.69 Å². The first-order valence-electron chi connectivity index (χ1n) is 4.44. The van der Waals surface area contributed by atoms with Crippen molar-refractivity contribution in [1.29, 1.82) is 0 Å². The van der Waals surface area contributed by atoms with E-state index in [0.717, 1.165) is 24.4 Å². The Morgan fingerprint density at radius 3 is 2.57 bits per heavy atom. The normalized spacial score (nSPS) is 15.6. The predicted molar refractivity (Wildman–Crippen MR) is 58.2 cm³/mol. The lowest BCUT2D eigenvalue weighted by Gasteiger charge is -2.13. The molecule has 0 atom stereocenters. The highest BCUT2D eigenvalue weighted by Crippen LogP contribution is 2.22. The first kappa shape index (κ1) is 9.34. The van der Waals surface area contributed by atoms with Crippen molar-refractivity contribution >= 4 is 22.5 Å². The van der Waals surface area contributed by atoms with E-state index in [-0.39, 0.29) is 0 Å². The maximum Gasteiger partial charge on any atom is 0.128 e. The Morgan fingerprint density at radius 1 is 1.36 bits per heavy atom. The molecular weight excluding hydrogens is 200 g/mol. The summed E-state index contributed by atoms with van der Waals surface area (Å²) in [5.41, 5.74) is 1.04. The number of halogens is 1. The summed E-state index contributed by atoms with van der Waals surface area (Å²) in [6, 6.07) is 7.77. The molecule has 1 aliphatic rings. The number of anilines is 1. The van der Waals surface area contributed by atoms with Crippen molar-refractivity contribution in [1.82, 2.24) is 0 Å². The minimum Gasteiger partial charge on any atom is -0.497 e. The van der Waals surface area contributed by atoms with Crippen molar-refractivity contribution in [3.8, 4) is 5.75 Å². The highest BCUT2D eigenvalue weighted by molar-refractivity contribution is 6.65. The van der Waals surface area contributed by atoms with Gasteiger partial charge in [-0.25, -0.2) is 0 Å². The summed E-state index contributed by atoms with van der Waals surface area (Å²) < 4.78 is 5.07. The van der Waals surface area contributed by atoms with Crippen LogP contribution < -0.4 is 9.75 Å². The van der Waals surface area contributed by atoms with Gasteiger partial charge in [-0.15, -0.1) is 0 Å². The molecule has 4 heteroatoms. The van der Waals surface area contributed by atoms with E-state index in [2.05, 4.69) is 5.10 Å². The number of hydrazone groups is 1. The third-order valence-corrected chi connectivity index (χ3v) is 2.39. The third-order valence-electron chi connectivity index (χ3n) is 2.13. The molecule has 0 spiro atoms. The second-order valence-electron chi connectivity index (χ2n) is 3.05. The summed E-state index contributed by atoms with van der Waals surface area (Å²) in [5, 5.41) is 6.75. The van der Waals surface area contributed by atoms with Crippen molar-refractivity contribution in [2.24, 2.45) is 5.10 Å². The summed E-state index contributed by atoms with van der Waals surface area (Å²) in [5.74, 6) is 0.850. The number of ether oxygens (including phenoxy) is 1. The second-order valence-corrected chi connectivity index (χ2v) is 3.48. The Hall–Kier alpha value is -1.22. The molecule has 1 heterocycles. The highest BCUT2D eigenvalue weighted by Gasteiger charge is 2.13. The number of hydrogen-bond acceptors (Lipinski definition) is 3. The van der Waals surface area contributed by atoms with Gasteiger partial charge < -0.3 is 4.74 Å². The summed E-state index contributed by atoms with van der Waals surface area (Å²) in [7, 11) is 1.65. The summed E-state index contributed by atoms with van der Waals surface area (Å²) >= 11 is 5.80. The van der Waals surface area contributed by atoms with E-state index in [9.17, 15) is 0 Å². The van der Waals surface area contributed by atoms with Gasteiger partial charge in [0, 0.05) is 13.0 Å². The van der Waals surface area contributed by atoms with Crippen LogP contribution in [-0.4, -0.2) is 18.8 Å². The number of rotatable bonds is 2. The lowest BCUT2D eigenvalue weighted by atomic mass is 10.3. The third kappa shape index (κ3) is 1.82. The number of benzene rings is 1. The largest absolute Gasteiger partial charge is 0.497 e. The zero-order valence-electron chi connectivity index (χ0n) is 7.90. The van der Waals surface area contributed by atoms with Gasteiger partial charge in [-0.3, -0.25) is 5.01 Å². The van der Waals surface area contributed by atoms with E-state index in [0.29, 0.717) is 5.17 Å². The fourth-order valence-corrected chi connectivity index (χ4v) is 1.55. The molecular formula is C10H11ClN2O. The van der Waals surface area contributed by atoms with Gasteiger partial charge in [0.15, 0.2) is 0 Å². The zero-order valence-corrected chi connectivity index (χ0v) is 8.66. The van der Waals surface area contributed by atoms with Gasteiger partial charge in [0.1, 0.15) is 10.9 Å². The molecule has 2 rings (SSSR count). The molecule has 3 nitrogen and oxygen atoms in total. The van der Waals surface area contributed by atoms with E-state index < -0.39 is 0 Å². The standard InChI is InChI=1S/C10H11ClN2O/c1-14-9-4-2-8(3-5-9)13-7-6-10(11)12-13/h2-5H,6-7H2,1H3. The summed E-state index contributed by atoms with van der Waals surface area (Å²) in [4.78, 5) is 0. The fraction of sp³-hybridized carbons (Fsp3) is 0.300. The minimum absolute atomic E-state index is 0.667. The highest BCUT2D eigenvalue weighted by atomic mass is 35.5. The first-order valence-corrected chi connectivity index (χ1v) is 4.82. The molecule has 0 radical (unpaired) electrons. The average molecular weight is 211 g/mol. The quantitative estimate of drug-likeness (QED) is 0.749. The molecule has 0 amide bonds. The van der Waals surface area contributed by atoms with E-state index in [1.54, 1.807) is 7.11 Å². The smallest absolute Gasteiger partial charge is 0.128 e. The van der Waals surface area contributed by atoms with Crippen molar-refractivity contribution in [2.45, 2.75) is 6.42 Å². The number of nitrogens with zero attached hydrogens (tertiary/aromatic N) is 2. The number of methoxy groups -OCH3 is 1. The van der Waals surface area contributed by atoms with Crippen molar-refractivity contribution < 1.29 is 4.74 Å².